The number of carbonyl (C=O) groups excluding carboxylic acids is 1. The maximum Gasteiger partial charge on any atom is 0.290 e. The highest BCUT2D eigenvalue weighted by molar-refractivity contribution is 7.80. The van der Waals surface area contributed by atoms with E-state index in [0.717, 1.165) is 6.42 Å². The number of H-pyrrole nitrogens is 1. The van der Waals surface area contributed by atoms with Crippen molar-refractivity contribution in [3.8, 4) is 0 Å². The Morgan fingerprint density at radius 3 is 2.69 bits per heavy atom. The van der Waals surface area contributed by atoms with Gasteiger partial charge in [-0.2, -0.15) is 5.10 Å². The zero-order valence-electron chi connectivity index (χ0n) is 14.8. The van der Waals surface area contributed by atoms with Crippen molar-refractivity contribution in [2.75, 3.05) is 0 Å². The molecule has 1 fully saturated rings. The van der Waals surface area contributed by atoms with Gasteiger partial charge < -0.3 is 5.32 Å². The van der Waals surface area contributed by atoms with Gasteiger partial charge in [0.1, 0.15) is 0 Å². The number of aromatic nitrogens is 2. The van der Waals surface area contributed by atoms with Gasteiger partial charge in [-0.05, 0) is 36.5 Å². The topological polar surface area (TPSA) is 98.9 Å². The molecule has 138 valence electrons. The van der Waals surface area contributed by atoms with E-state index in [4.69, 9.17) is 12.2 Å². The maximum atomic E-state index is 12.4. The maximum absolute atomic E-state index is 12.4. The third-order valence-corrected chi connectivity index (χ3v) is 5.44. The lowest BCUT2D eigenvalue weighted by Crippen LogP contribution is -2.52. The number of hydrogen-bond acceptors (Lipinski definition) is 4. The molecule has 1 saturated carbocycles. The van der Waals surface area contributed by atoms with Gasteiger partial charge in [0.05, 0.1) is 5.39 Å². The van der Waals surface area contributed by atoms with E-state index < -0.39 is 5.91 Å². The number of thiocarbonyl (C=S) groups is 1. The Hall–Kier alpha value is -2.48. The molecule has 1 amide bonds. The van der Waals surface area contributed by atoms with Crippen LogP contribution >= 0.6 is 12.2 Å². The number of hydrazine groups is 1. The molecule has 1 aliphatic rings. The second-order valence-electron chi connectivity index (χ2n) is 6.87. The average Bonchev–Trinajstić information content (AvgIpc) is 2.64. The van der Waals surface area contributed by atoms with E-state index in [9.17, 15) is 9.59 Å². The van der Waals surface area contributed by atoms with Crippen LogP contribution in [0, 0.1) is 11.8 Å². The summed E-state index contributed by atoms with van der Waals surface area (Å²) in [6.45, 7) is 4.47. The Morgan fingerprint density at radius 2 is 1.92 bits per heavy atom. The normalized spacial score (nSPS) is 22.6. The minimum Gasteiger partial charge on any atom is -0.358 e. The molecule has 0 unspecified atom stereocenters. The third-order valence-electron chi connectivity index (χ3n) is 5.22. The molecule has 26 heavy (non-hydrogen) atoms. The van der Waals surface area contributed by atoms with Gasteiger partial charge in [-0.15, -0.1) is 0 Å². The molecular formula is C18H23N5O2S. The molecule has 0 radical (unpaired) electrons. The summed E-state index contributed by atoms with van der Waals surface area (Å²) in [5.74, 6) is 0.700. The lowest BCUT2D eigenvalue weighted by atomic mass is 9.78. The van der Waals surface area contributed by atoms with Gasteiger partial charge in [0.25, 0.3) is 11.5 Å². The first-order chi connectivity index (χ1) is 12.5. The van der Waals surface area contributed by atoms with Gasteiger partial charge in [0.2, 0.25) is 0 Å². The first-order valence-electron chi connectivity index (χ1n) is 8.81. The molecule has 4 N–H and O–H groups in total. The van der Waals surface area contributed by atoms with E-state index in [0.29, 0.717) is 33.8 Å². The van der Waals surface area contributed by atoms with Crippen molar-refractivity contribution in [2.45, 2.75) is 39.2 Å². The highest BCUT2D eigenvalue weighted by Gasteiger charge is 2.27. The Morgan fingerprint density at radius 1 is 1.19 bits per heavy atom. The van der Waals surface area contributed by atoms with E-state index >= 15 is 0 Å². The summed E-state index contributed by atoms with van der Waals surface area (Å²) in [5.41, 5.74) is 5.08. The highest BCUT2D eigenvalue weighted by Crippen LogP contribution is 2.29. The van der Waals surface area contributed by atoms with E-state index in [-0.39, 0.29) is 11.3 Å². The smallest absolute Gasteiger partial charge is 0.290 e. The number of nitrogens with one attached hydrogen (secondary N) is 4. The Bertz CT molecular complexity index is 881. The molecule has 1 aliphatic carbocycles. The Labute approximate surface area is 156 Å². The van der Waals surface area contributed by atoms with Crippen molar-refractivity contribution in [1.29, 1.82) is 0 Å². The molecule has 3 atom stereocenters. The molecular weight excluding hydrogens is 350 g/mol. The highest BCUT2D eigenvalue weighted by atomic mass is 32.1. The lowest BCUT2D eigenvalue weighted by Gasteiger charge is -2.35. The van der Waals surface area contributed by atoms with Crippen LogP contribution in [0.3, 0.4) is 0 Å². The minimum atomic E-state index is -0.466. The van der Waals surface area contributed by atoms with Crippen molar-refractivity contribution in [3.63, 3.8) is 0 Å². The summed E-state index contributed by atoms with van der Waals surface area (Å²) >= 11 is 5.30. The summed E-state index contributed by atoms with van der Waals surface area (Å²) in [6, 6.07) is 7.13. The standard InChI is InChI=1S/C18H23N5O2S/c1-10-6-5-9-14(11(10)2)19-18(26)23-22-17(25)15-12-7-3-4-8-13(12)16(24)21-20-15/h3-4,7-8,10-11,14H,5-6,9H2,1-2H3,(H,21,24)(H,22,25)(H2,19,23,26)/t10-,11+,14-/m0/s1. The quantitative estimate of drug-likeness (QED) is 0.474. The number of fused-ring (bicyclic) bond motifs is 1. The van der Waals surface area contributed by atoms with Crippen molar-refractivity contribution in [3.05, 3.63) is 40.3 Å². The fourth-order valence-electron chi connectivity index (χ4n) is 3.45. The molecule has 2 aromatic rings. The van der Waals surface area contributed by atoms with E-state index in [1.165, 1.54) is 12.8 Å². The molecule has 1 heterocycles. The van der Waals surface area contributed by atoms with Gasteiger partial charge in [-0.25, -0.2) is 5.10 Å². The van der Waals surface area contributed by atoms with Gasteiger partial charge >= 0.3 is 0 Å². The number of benzene rings is 1. The van der Waals surface area contributed by atoms with Crippen LogP contribution in [-0.2, 0) is 0 Å². The molecule has 1 aromatic carbocycles. The zero-order valence-corrected chi connectivity index (χ0v) is 15.7. The van der Waals surface area contributed by atoms with Crippen LogP contribution in [0.5, 0.6) is 0 Å². The molecule has 3 rings (SSSR count). The van der Waals surface area contributed by atoms with Crippen LogP contribution in [0.1, 0.15) is 43.6 Å². The van der Waals surface area contributed by atoms with Crippen molar-refractivity contribution >= 4 is 34.0 Å². The molecule has 7 nitrogen and oxygen atoms in total. The van der Waals surface area contributed by atoms with Crippen LogP contribution < -0.4 is 21.7 Å². The fourth-order valence-corrected chi connectivity index (χ4v) is 3.65. The number of aromatic amines is 1. The van der Waals surface area contributed by atoms with E-state index in [2.05, 4.69) is 40.2 Å². The summed E-state index contributed by atoms with van der Waals surface area (Å²) < 4.78 is 0. The average molecular weight is 373 g/mol. The fraction of sp³-hybridized carbons (Fsp3) is 0.444. The SMILES string of the molecule is C[C@H]1[C@@H](NC(=S)NNC(=O)c2n[nH]c(=O)c3ccccc23)CCC[C@@H]1C. The van der Waals surface area contributed by atoms with Gasteiger partial charge in [0.15, 0.2) is 10.8 Å². The second kappa shape index (κ2) is 7.82. The molecule has 0 bridgehead atoms. The van der Waals surface area contributed by atoms with Crippen LogP contribution in [-0.4, -0.2) is 27.3 Å². The van der Waals surface area contributed by atoms with Crippen molar-refractivity contribution < 1.29 is 4.79 Å². The largest absolute Gasteiger partial charge is 0.358 e. The zero-order chi connectivity index (χ0) is 18.7. The molecule has 8 heteroatoms. The summed E-state index contributed by atoms with van der Waals surface area (Å²) in [6.07, 6.45) is 3.47. The Kier molecular flexibility index (Phi) is 5.51. The van der Waals surface area contributed by atoms with Crippen LogP contribution in [0.4, 0.5) is 0 Å². The molecule has 0 saturated heterocycles. The predicted molar refractivity (Wildman–Crippen MR) is 105 cm³/mol. The summed E-state index contributed by atoms with van der Waals surface area (Å²) in [4.78, 5) is 24.2. The first-order valence-corrected chi connectivity index (χ1v) is 9.22. The van der Waals surface area contributed by atoms with Gasteiger partial charge in [-0.1, -0.05) is 44.9 Å². The third kappa shape index (κ3) is 3.85. The summed E-state index contributed by atoms with van der Waals surface area (Å²) in [7, 11) is 0. The number of carbonyl (C=O) groups is 1. The van der Waals surface area contributed by atoms with Crippen molar-refractivity contribution in [1.82, 2.24) is 26.4 Å². The lowest BCUT2D eigenvalue weighted by molar-refractivity contribution is 0.0939. The molecule has 1 aromatic heterocycles. The van der Waals surface area contributed by atoms with E-state index in [1.807, 2.05) is 0 Å². The van der Waals surface area contributed by atoms with E-state index in [1.54, 1.807) is 24.3 Å². The van der Waals surface area contributed by atoms with Crippen molar-refractivity contribution in [2.24, 2.45) is 11.8 Å². The minimum absolute atomic E-state index is 0.134. The second-order valence-corrected chi connectivity index (χ2v) is 7.28. The van der Waals surface area contributed by atoms with Gasteiger partial charge in [-0.3, -0.25) is 20.4 Å². The van der Waals surface area contributed by atoms with Crippen LogP contribution in [0.15, 0.2) is 29.1 Å². The molecule has 0 aliphatic heterocycles. The number of rotatable bonds is 2. The first kappa shape index (κ1) is 18.3. The summed E-state index contributed by atoms with van der Waals surface area (Å²) in [5, 5.41) is 10.8. The van der Waals surface area contributed by atoms with Gasteiger partial charge in [0, 0.05) is 11.4 Å². The molecule has 0 spiro atoms. The predicted octanol–water partition coefficient (Wildman–Crippen LogP) is 1.86. The number of amides is 1. The van der Waals surface area contributed by atoms with Crippen LogP contribution in [0.25, 0.3) is 10.8 Å². The monoisotopic (exact) mass is 373 g/mol. The van der Waals surface area contributed by atoms with Crippen LogP contribution in [0.2, 0.25) is 0 Å². The number of hydrogen-bond donors (Lipinski definition) is 4. The number of nitrogens with zero attached hydrogens (tertiary/aromatic N) is 1. The Balaban J connectivity index is 1.63.